The number of carbonyl (C=O) groups is 1. The summed E-state index contributed by atoms with van der Waals surface area (Å²) in [5.41, 5.74) is 0. The zero-order chi connectivity index (χ0) is 9.72. The van der Waals surface area contributed by atoms with Crippen molar-refractivity contribution in [2.24, 2.45) is 11.8 Å². The van der Waals surface area contributed by atoms with E-state index in [1.807, 2.05) is 6.92 Å². The lowest BCUT2D eigenvalue weighted by Crippen LogP contribution is -2.28. The van der Waals surface area contributed by atoms with E-state index in [4.69, 9.17) is 0 Å². The van der Waals surface area contributed by atoms with Crippen LogP contribution >= 0.6 is 31.9 Å². The van der Waals surface area contributed by atoms with Gasteiger partial charge in [0.2, 0.25) is 0 Å². The second-order valence-electron chi connectivity index (χ2n) is 2.92. The van der Waals surface area contributed by atoms with E-state index in [0.717, 1.165) is 5.33 Å². The van der Waals surface area contributed by atoms with Crippen LogP contribution in [-0.2, 0) is 9.53 Å². The standard InChI is InChI=1S/C8H14Br2O2/c1-5(4-9)6(2)7(10)8(11)12-3/h5-7H,4H2,1-3H3. The second kappa shape index (κ2) is 5.97. The van der Waals surface area contributed by atoms with Crippen LogP contribution in [0, 0.1) is 11.8 Å². The quantitative estimate of drug-likeness (QED) is 0.589. The fourth-order valence-corrected chi connectivity index (χ4v) is 2.05. The number of rotatable bonds is 4. The van der Waals surface area contributed by atoms with Gasteiger partial charge in [-0.15, -0.1) is 0 Å². The lowest BCUT2D eigenvalue weighted by atomic mass is 9.95. The third kappa shape index (κ3) is 3.44. The molecule has 0 amide bonds. The van der Waals surface area contributed by atoms with Gasteiger partial charge in [-0.3, -0.25) is 4.79 Å². The largest absolute Gasteiger partial charge is 0.468 e. The van der Waals surface area contributed by atoms with Gasteiger partial charge in [-0.1, -0.05) is 45.7 Å². The number of hydrogen-bond acceptors (Lipinski definition) is 2. The van der Waals surface area contributed by atoms with Crippen LogP contribution in [0.2, 0.25) is 0 Å². The molecule has 0 aliphatic rings. The summed E-state index contributed by atoms with van der Waals surface area (Å²) >= 11 is 6.70. The number of carbonyl (C=O) groups excluding carboxylic acids is 1. The molecular formula is C8H14Br2O2. The van der Waals surface area contributed by atoms with Crippen LogP contribution in [0.15, 0.2) is 0 Å². The predicted octanol–water partition coefficient (Wildman–Crippen LogP) is 2.59. The third-order valence-corrected chi connectivity index (χ3v) is 4.26. The first-order chi connectivity index (χ1) is 5.54. The number of methoxy groups -OCH3 is 1. The van der Waals surface area contributed by atoms with Gasteiger partial charge in [0.15, 0.2) is 0 Å². The molecule has 0 aliphatic heterocycles. The van der Waals surface area contributed by atoms with Gasteiger partial charge in [-0.25, -0.2) is 0 Å². The van der Waals surface area contributed by atoms with Crippen LogP contribution in [0.3, 0.4) is 0 Å². The number of hydrogen-bond donors (Lipinski definition) is 0. The Hall–Kier alpha value is 0.430. The summed E-state index contributed by atoms with van der Waals surface area (Å²) in [5.74, 6) is 0.528. The Balaban J connectivity index is 4.08. The third-order valence-electron chi connectivity index (χ3n) is 2.03. The first-order valence-electron chi connectivity index (χ1n) is 3.82. The minimum atomic E-state index is -0.199. The Morgan fingerprint density at radius 3 is 2.33 bits per heavy atom. The molecule has 0 heterocycles. The maximum Gasteiger partial charge on any atom is 0.319 e. The molecule has 0 bridgehead atoms. The number of esters is 1. The van der Waals surface area contributed by atoms with Gasteiger partial charge < -0.3 is 4.74 Å². The number of halogens is 2. The maximum atomic E-state index is 11.1. The molecule has 0 N–H and O–H groups in total. The fourth-order valence-electron chi connectivity index (χ4n) is 0.756. The minimum absolute atomic E-state index is 0.199. The van der Waals surface area contributed by atoms with Gasteiger partial charge >= 0.3 is 5.97 Å². The summed E-state index contributed by atoms with van der Waals surface area (Å²) in [5, 5.41) is 0.896. The molecule has 12 heavy (non-hydrogen) atoms. The molecule has 3 unspecified atom stereocenters. The Morgan fingerprint density at radius 1 is 1.50 bits per heavy atom. The van der Waals surface area contributed by atoms with Gasteiger partial charge in [-0.2, -0.15) is 0 Å². The van der Waals surface area contributed by atoms with E-state index in [2.05, 4.69) is 43.5 Å². The SMILES string of the molecule is COC(=O)C(Br)C(C)C(C)CBr. The van der Waals surface area contributed by atoms with Gasteiger partial charge in [0.1, 0.15) is 4.83 Å². The fraction of sp³-hybridized carbons (Fsp3) is 0.875. The number of alkyl halides is 2. The first kappa shape index (κ1) is 12.4. The van der Waals surface area contributed by atoms with Crippen molar-refractivity contribution < 1.29 is 9.53 Å². The molecule has 0 aromatic heterocycles. The molecule has 3 atom stereocenters. The van der Waals surface area contributed by atoms with Crippen molar-refractivity contribution in [2.45, 2.75) is 18.7 Å². The van der Waals surface area contributed by atoms with Crippen molar-refractivity contribution >= 4 is 37.8 Å². The van der Waals surface area contributed by atoms with Crippen LogP contribution in [0.1, 0.15) is 13.8 Å². The van der Waals surface area contributed by atoms with E-state index in [-0.39, 0.29) is 16.7 Å². The topological polar surface area (TPSA) is 26.3 Å². The highest BCUT2D eigenvalue weighted by molar-refractivity contribution is 9.10. The molecule has 0 aromatic rings. The monoisotopic (exact) mass is 300 g/mol. The second-order valence-corrected chi connectivity index (χ2v) is 4.55. The molecule has 0 radical (unpaired) electrons. The van der Waals surface area contributed by atoms with Gasteiger partial charge in [-0.05, 0) is 11.8 Å². The van der Waals surface area contributed by atoms with E-state index in [0.29, 0.717) is 5.92 Å². The Morgan fingerprint density at radius 2 is 2.00 bits per heavy atom. The molecule has 0 saturated heterocycles. The van der Waals surface area contributed by atoms with E-state index < -0.39 is 0 Å². The van der Waals surface area contributed by atoms with E-state index in [1.54, 1.807) is 0 Å². The molecule has 4 heteroatoms. The molecule has 0 aliphatic carbocycles. The normalized spacial score (nSPS) is 18.1. The molecule has 0 rings (SSSR count). The predicted molar refractivity (Wildman–Crippen MR) is 56.9 cm³/mol. The van der Waals surface area contributed by atoms with Crippen LogP contribution in [0.25, 0.3) is 0 Å². The van der Waals surface area contributed by atoms with Crippen molar-refractivity contribution in [1.82, 2.24) is 0 Å². The Kier molecular flexibility index (Phi) is 6.19. The van der Waals surface area contributed by atoms with Gasteiger partial charge in [0, 0.05) is 5.33 Å². The van der Waals surface area contributed by atoms with E-state index in [1.165, 1.54) is 7.11 Å². The van der Waals surface area contributed by atoms with E-state index >= 15 is 0 Å². The summed E-state index contributed by atoms with van der Waals surface area (Å²) < 4.78 is 4.63. The number of ether oxygens (including phenoxy) is 1. The average Bonchev–Trinajstić information content (AvgIpc) is 2.12. The van der Waals surface area contributed by atoms with E-state index in [9.17, 15) is 4.79 Å². The van der Waals surface area contributed by atoms with Crippen LogP contribution < -0.4 is 0 Å². The highest BCUT2D eigenvalue weighted by atomic mass is 79.9. The molecule has 0 spiro atoms. The minimum Gasteiger partial charge on any atom is -0.468 e. The average molecular weight is 302 g/mol. The van der Waals surface area contributed by atoms with Gasteiger partial charge in [0.05, 0.1) is 7.11 Å². The maximum absolute atomic E-state index is 11.1. The van der Waals surface area contributed by atoms with Crippen molar-refractivity contribution in [3.8, 4) is 0 Å². The summed E-state index contributed by atoms with van der Waals surface area (Å²) in [7, 11) is 1.40. The van der Waals surface area contributed by atoms with Gasteiger partial charge in [0.25, 0.3) is 0 Å². The van der Waals surface area contributed by atoms with Crippen LogP contribution in [0.5, 0.6) is 0 Å². The lowest BCUT2D eigenvalue weighted by Gasteiger charge is -2.21. The highest BCUT2D eigenvalue weighted by Gasteiger charge is 2.26. The van der Waals surface area contributed by atoms with Crippen molar-refractivity contribution in [3.05, 3.63) is 0 Å². The Labute approximate surface area is 90.3 Å². The molecule has 2 nitrogen and oxygen atoms in total. The van der Waals surface area contributed by atoms with Crippen LogP contribution in [-0.4, -0.2) is 23.2 Å². The van der Waals surface area contributed by atoms with Crippen LogP contribution in [0.4, 0.5) is 0 Å². The van der Waals surface area contributed by atoms with Crippen molar-refractivity contribution in [3.63, 3.8) is 0 Å². The summed E-state index contributed by atoms with van der Waals surface area (Å²) in [4.78, 5) is 10.9. The lowest BCUT2D eigenvalue weighted by molar-refractivity contribution is -0.140. The summed E-state index contributed by atoms with van der Waals surface area (Å²) in [6.45, 7) is 4.12. The Bertz CT molecular complexity index is 150. The first-order valence-corrected chi connectivity index (χ1v) is 5.86. The molecule has 0 aromatic carbocycles. The smallest absolute Gasteiger partial charge is 0.319 e. The molecule has 0 saturated carbocycles. The summed E-state index contributed by atoms with van der Waals surface area (Å²) in [6.07, 6.45) is 0. The van der Waals surface area contributed by atoms with Crippen molar-refractivity contribution in [1.29, 1.82) is 0 Å². The zero-order valence-corrected chi connectivity index (χ0v) is 10.7. The molecule has 72 valence electrons. The molecule has 0 fully saturated rings. The molecular weight excluding hydrogens is 288 g/mol. The summed E-state index contributed by atoms with van der Waals surface area (Å²) in [6, 6.07) is 0. The van der Waals surface area contributed by atoms with Crippen molar-refractivity contribution in [2.75, 3.05) is 12.4 Å². The highest BCUT2D eigenvalue weighted by Crippen LogP contribution is 2.23. The zero-order valence-electron chi connectivity index (χ0n) is 7.51.